The van der Waals surface area contributed by atoms with E-state index in [4.69, 9.17) is 4.74 Å². The summed E-state index contributed by atoms with van der Waals surface area (Å²) in [5, 5.41) is 10.2. The molecule has 0 spiro atoms. The Bertz CT molecular complexity index is 554. The highest BCUT2D eigenvalue weighted by atomic mass is 32.1. The van der Waals surface area contributed by atoms with Crippen LogP contribution in [0.15, 0.2) is 24.3 Å². The molecule has 0 atom stereocenters. The van der Waals surface area contributed by atoms with Gasteiger partial charge < -0.3 is 14.7 Å². The van der Waals surface area contributed by atoms with E-state index in [0.717, 1.165) is 21.4 Å². The van der Waals surface area contributed by atoms with Gasteiger partial charge in [0.15, 0.2) is 5.13 Å². The lowest BCUT2D eigenvalue weighted by Gasteiger charge is -2.18. The number of ether oxygens (including phenoxy) is 1. The lowest BCUT2D eigenvalue weighted by atomic mass is 10.2. The van der Waals surface area contributed by atoms with Crippen molar-refractivity contribution >= 4 is 22.2 Å². The molecule has 0 radical (unpaired) electrons. The van der Waals surface area contributed by atoms with Crippen molar-refractivity contribution in [3.63, 3.8) is 0 Å². The van der Waals surface area contributed by atoms with Crippen molar-refractivity contribution < 1.29 is 9.84 Å². The first-order valence-corrected chi connectivity index (χ1v) is 6.86. The number of aromatic nitrogens is 1. The number of hydrogen-bond donors (Lipinski definition) is 1. The third-order valence-electron chi connectivity index (χ3n) is 2.96. The molecule has 0 aliphatic heterocycles. The fourth-order valence-electron chi connectivity index (χ4n) is 1.93. The second-order valence-corrected chi connectivity index (χ2v) is 5.37. The van der Waals surface area contributed by atoms with E-state index in [9.17, 15) is 5.11 Å². The molecule has 5 heteroatoms. The maximum atomic E-state index is 9.36. The van der Waals surface area contributed by atoms with Gasteiger partial charge in [0.25, 0.3) is 0 Å². The van der Waals surface area contributed by atoms with Gasteiger partial charge in [0, 0.05) is 19.8 Å². The summed E-state index contributed by atoms with van der Waals surface area (Å²) >= 11 is 1.50. The molecule has 2 rings (SSSR count). The Kier molecular flexibility index (Phi) is 4.52. The Hall–Kier alpha value is -1.43. The topological polar surface area (TPSA) is 45.6 Å². The Balaban J connectivity index is 2.34. The molecule has 2 aromatic rings. The van der Waals surface area contributed by atoms with Crippen LogP contribution in [0.25, 0.3) is 0 Å². The van der Waals surface area contributed by atoms with Crippen molar-refractivity contribution in [3.8, 4) is 0 Å². The number of methoxy groups -OCH3 is 1. The molecule has 102 valence electrons. The number of anilines is 2. The summed E-state index contributed by atoms with van der Waals surface area (Å²) in [7, 11) is 3.62. The Labute approximate surface area is 117 Å². The van der Waals surface area contributed by atoms with E-state index >= 15 is 0 Å². The summed E-state index contributed by atoms with van der Waals surface area (Å²) in [4.78, 5) is 7.45. The van der Waals surface area contributed by atoms with Crippen LogP contribution in [0.1, 0.15) is 16.1 Å². The van der Waals surface area contributed by atoms with Gasteiger partial charge in [-0.3, -0.25) is 0 Å². The van der Waals surface area contributed by atoms with Gasteiger partial charge >= 0.3 is 0 Å². The van der Waals surface area contributed by atoms with Crippen LogP contribution in [-0.4, -0.2) is 24.2 Å². The van der Waals surface area contributed by atoms with Crippen LogP contribution < -0.4 is 4.90 Å². The third-order valence-corrected chi connectivity index (χ3v) is 4.11. The van der Waals surface area contributed by atoms with Gasteiger partial charge in [0.2, 0.25) is 0 Å². The van der Waals surface area contributed by atoms with Gasteiger partial charge in [-0.1, -0.05) is 29.5 Å². The highest BCUT2D eigenvalue weighted by Crippen LogP contribution is 2.32. The van der Waals surface area contributed by atoms with Crippen molar-refractivity contribution in [2.75, 3.05) is 19.1 Å². The molecule has 0 amide bonds. The molecule has 4 nitrogen and oxygen atoms in total. The second kappa shape index (κ2) is 6.14. The summed E-state index contributed by atoms with van der Waals surface area (Å²) in [5.41, 5.74) is 3.12. The van der Waals surface area contributed by atoms with Crippen molar-refractivity contribution in [3.05, 3.63) is 40.4 Å². The van der Waals surface area contributed by atoms with Crippen molar-refractivity contribution in [1.82, 2.24) is 4.98 Å². The average Bonchev–Trinajstić information content (AvgIpc) is 2.82. The highest BCUT2D eigenvalue weighted by molar-refractivity contribution is 7.15. The van der Waals surface area contributed by atoms with E-state index < -0.39 is 0 Å². The van der Waals surface area contributed by atoms with Crippen molar-refractivity contribution in [1.29, 1.82) is 0 Å². The average molecular weight is 278 g/mol. The molecule has 0 aliphatic rings. The van der Waals surface area contributed by atoms with Gasteiger partial charge in [0.1, 0.15) is 0 Å². The molecule has 1 N–H and O–H groups in total. The van der Waals surface area contributed by atoms with Crippen LogP contribution in [-0.2, 0) is 18.0 Å². The standard InChI is InChI=1S/C14H18N2O2S/c1-10-6-4-5-7-12(10)16(2)14-15-11(9-18-3)13(8-17)19-14/h4-7,17H,8-9H2,1-3H3. The summed E-state index contributed by atoms with van der Waals surface area (Å²) in [6.45, 7) is 2.49. The predicted molar refractivity (Wildman–Crippen MR) is 78.0 cm³/mol. The zero-order valence-electron chi connectivity index (χ0n) is 11.4. The molecule has 1 heterocycles. The van der Waals surface area contributed by atoms with E-state index in [1.165, 1.54) is 16.9 Å². The van der Waals surface area contributed by atoms with Crippen LogP contribution in [0.4, 0.5) is 10.8 Å². The predicted octanol–water partition coefficient (Wildman–Crippen LogP) is 2.86. The molecular weight excluding hydrogens is 260 g/mol. The minimum atomic E-state index is -0.00201. The summed E-state index contributed by atoms with van der Waals surface area (Å²) in [6.07, 6.45) is 0. The molecule has 0 unspecified atom stereocenters. The Morgan fingerprint density at radius 3 is 2.74 bits per heavy atom. The smallest absolute Gasteiger partial charge is 0.190 e. The normalized spacial score (nSPS) is 10.7. The molecule has 0 aliphatic carbocycles. The second-order valence-electron chi connectivity index (χ2n) is 4.30. The first kappa shape index (κ1) is 14.0. The maximum absolute atomic E-state index is 9.36. The van der Waals surface area contributed by atoms with Crippen molar-refractivity contribution in [2.45, 2.75) is 20.1 Å². The van der Waals surface area contributed by atoms with Gasteiger partial charge in [-0.25, -0.2) is 4.98 Å². The monoisotopic (exact) mass is 278 g/mol. The van der Waals surface area contributed by atoms with E-state index in [-0.39, 0.29) is 6.61 Å². The summed E-state index contributed by atoms with van der Waals surface area (Å²) in [6, 6.07) is 8.16. The highest BCUT2D eigenvalue weighted by Gasteiger charge is 2.15. The number of thiazole rings is 1. The number of hydrogen-bond acceptors (Lipinski definition) is 5. The van der Waals surface area contributed by atoms with Gasteiger partial charge in [0.05, 0.1) is 23.8 Å². The fourth-order valence-corrected chi connectivity index (χ4v) is 2.83. The number of para-hydroxylation sites is 1. The molecule has 1 aromatic heterocycles. The SMILES string of the molecule is COCc1nc(N(C)c2ccccc2C)sc1CO. The van der Waals surface area contributed by atoms with Crippen LogP contribution in [0.5, 0.6) is 0 Å². The minimum absolute atomic E-state index is 0.00201. The fraction of sp³-hybridized carbons (Fsp3) is 0.357. The van der Waals surface area contributed by atoms with E-state index in [0.29, 0.717) is 6.61 Å². The quantitative estimate of drug-likeness (QED) is 0.913. The first-order valence-electron chi connectivity index (χ1n) is 6.05. The molecule has 0 saturated heterocycles. The number of aryl methyl sites for hydroxylation is 1. The van der Waals surface area contributed by atoms with Gasteiger partial charge in [-0.05, 0) is 18.6 Å². The zero-order chi connectivity index (χ0) is 13.8. The van der Waals surface area contributed by atoms with Crippen LogP contribution in [0.3, 0.4) is 0 Å². The summed E-state index contributed by atoms with van der Waals surface area (Å²) < 4.78 is 5.11. The largest absolute Gasteiger partial charge is 0.391 e. The minimum Gasteiger partial charge on any atom is -0.391 e. The van der Waals surface area contributed by atoms with Crippen LogP contribution in [0, 0.1) is 6.92 Å². The molecule has 19 heavy (non-hydrogen) atoms. The molecular formula is C14H18N2O2S. The first-order chi connectivity index (χ1) is 9.17. The number of nitrogens with zero attached hydrogens (tertiary/aromatic N) is 2. The molecule has 0 fully saturated rings. The number of aliphatic hydroxyl groups excluding tert-OH is 1. The van der Waals surface area contributed by atoms with Crippen molar-refractivity contribution in [2.24, 2.45) is 0 Å². The Morgan fingerprint density at radius 2 is 2.11 bits per heavy atom. The number of rotatable bonds is 5. The molecule has 0 saturated carbocycles. The van der Waals surface area contributed by atoms with Crippen LogP contribution >= 0.6 is 11.3 Å². The van der Waals surface area contributed by atoms with Gasteiger partial charge in [-0.2, -0.15) is 0 Å². The number of aliphatic hydroxyl groups is 1. The van der Waals surface area contributed by atoms with Crippen LogP contribution in [0.2, 0.25) is 0 Å². The molecule has 0 bridgehead atoms. The van der Waals surface area contributed by atoms with E-state index in [2.05, 4.69) is 24.0 Å². The lowest BCUT2D eigenvalue weighted by molar-refractivity contribution is 0.179. The molecule has 1 aromatic carbocycles. The Morgan fingerprint density at radius 1 is 1.37 bits per heavy atom. The zero-order valence-corrected chi connectivity index (χ0v) is 12.2. The van der Waals surface area contributed by atoms with E-state index in [1.807, 2.05) is 24.1 Å². The maximum Gasteiger partial charge on any atom is 0.190 e. The lowest BCUT2D eigenvalue weighted by Crippen LogP contribution is -2.10. The van der Waals surface area contributed by atoms with E-state index in [1.54, 1.807) is 7.11 Å². The van der Waals surface area contributed by atoms with Gasteiger partial charge in [-0.15, -0.1) is 0 Å². The number of benzene rings is 1. The summed E-state index contributed by atoms with van der Waals surface area (Å²) in [5.74, 6) is 0. The third kappa shape index (κ3) is 2.94.